The van der Waals surface area contributed by atoms with Gasteiger partial charge in [0, 0.05) is 62.1 Å². The second kappa shape index (κ2) is 13.3. The van der Waals surface area contributed by atoms with Crippen LogP contribution < -0.4 is 4.90 Å². The summed E-state index contributed by atoms with van der Waals surface area (Å²) in [6.45, 7) is 7.27. The lowest BCUT2D eigenvalue weighted by Crippen LogP contribution is -2.49. The molecule has 0 radical (unpaired) electrons. The Morgan fingerprint density at radius 1 is 1.26 bits per heavy atom. The van der Waals surface area contributed by atoms with Crippen LogP contribution in [0.3, 0.4) is 0 Å². The zero-order valence-electron chi connectivity index (χ0n) is 25.8. The van der Waals surface area contributed by atoms with Crippen molar-refractivity contribution in [2.45, 2.75) is 63.8 Å². The molecule has 2 saturated heterocycles. The monoisotopic (exact) mass is 649 g/mol. The van der Waals surface area contributed by atoms with Crippen molar-refractivity contribution in [1.82, 2.24) is 19.9 Å². The molecule has 1 N–H and O–H groups in total. The number of nitrogens with zero attached hydrogens (tertiary/aromatic N) is 5. The van der Waals surface area contributed by atoms with Crippen molar-refractivity contribution >= 4 is 57.4 Å². The zero-order valence-corrected chi connectivity index (χ0v) is 26.5. The minimum Gasteiger partial charge on any atom is -0.480 e. The van der Waals surface area contributed by atoms with E-state index < -0.39 is 23.6 Å². The second-order valence-corrected chi connectivity index (χ2v) is 12.5. The number of piperidine rings is 1. The molecular weight excluding hydrogens is 613 g/mol. The number of likely N-dealkylation sites (tertiary alicyclic amines) is 1. The summed E-state index contributed by atoms with van der Waals surface area (Å²) in [4.78, 5) is 42.1. The fraction of sp³-hybridized carbons (Fsp3) is 0.441. The largest absolute Gasteiger partial charge is 0.480 e. The summed E-state index contributed by atoms with van der Waals surface area (Å²) in [5.41, 5.74) is 0.998. The Labute approximate surface area is 271 Å². The summed E-state index contributed by atoms with van der Waals surface area (Å²) in [5.74, 6) is -0.432. The quantitative estimate of drug-likeness (QED) is 0.180. The van der Waals surface area contributed by atoms with Gasteiger partial charge in [-0.2, -0.15) is 0 Å². The summed E-state index contributed by atoms with van der Waals surface area (Å²) in [6, 6.07) is 8.48. The number of carboxylic acid groups (broad SMARTS) is 1. The van der Waals surface area contributed by atoms with Crippen molar-refractivity contribution in [3.63, 3.8) is 0 Å². The number of rotatable bonds is 11. The number of aliphatic carboxylic acids is 1. The number of benzene rings is 1. The van der Waals surface area contributed by atoms with Crippen molar-refractivity contribution < 1.29 is 28.2 Å². The predicted molar refractivity (Wildman–Crippen MR) is 173 cm³/mol. The van der Waals surface area contributed by atoms with Gasteiger partial charge in [0.2, 0.25) is 5.91 Å². The lowest BCUT2D eigenvalue weighted by atomic mass is 9.77. The van der Waals surface area contributed by atoms with Crippen molar-refractivity contribution in [1.29, 1.82) is 0 Å². The first-order chi connectivity index (χ1) is 22.2. The van der Waals surface area contributed by atoms with Crippen molar-refractivity contribution in [2.24, 2.45) is 5.92 Å². The molecule has 5 heterocycles. The van der Waals surface area contributed by atoms with E-state index in [9.17, 15) is 14.7 Å². The number of pyridine rings is 1. The molecule has 12 heteroatoms. The highest BCUT2D eigenvalue weighted by Gasteiger charge is 2.45. The van der Waals surface area contributed by atoms with Crippen LogP contribution in [-0.2, 0) is 26.6 Å². The maximum Gasteiger partial charge on any atom is 0.326 e. The van der Waals surface area contributed by atoms with Gasteiger partial charge in [-0.15, -0.1) is 0 Å². The molecule has 0 aliphatic carbocycles. The molecule has 0 spiro atoms. The number of alkyl halides is 1. The highest BCUT2D eigenvalue weighted by Crippen LogP contribution is 2.43. The number of anilines is 1. The first kappa shape index (κ1) is 31.9. The number of fused-ring (bicyclic) bond motifs is 3. The van der Waals surface area contributed by atoms with E-state index in [1.165, 1.54) is 12.3 Å². The highest BCUT2D eigenvalue weighted by atomic mass is 35.5. The van der Waals surface area contributed by atoms with E-state index in [1.54, 1.807) is 15.9 Å². The standard InChI is InChI=1S/C34H37ClFN5O5/c1-3-25-24(17-22(35)18-37-25)34(36)13-15-40(19-21(34)2)29(42)12-6-7-16-45-20-28-38-30-23-9-4-5-11-27(23)46-31(30)32(39-28)41-14-8-10-26(41)33(43)44/h3-5,9,11,17-18,21,26H,1,6-8,10,12-16,19-20H2,2H3,(H,43,44)/t21-,26-,34+/m0/s1. The number of unbranched alkanes of at least 4 members (excludes halogenated alkanes) is 1. The van der Waals surface area contributed by atoms with Crippen LogP contribution in [0.2, 0.25) is 5.02 Å². The number of carboxylic acids is 1. The third kappa shape index (κ3) is 6.18. The molecule has 1 aromatic carbocycles. The Bertz CT molecular complexity index is 1780. The minimum atomic E-state index is -1.65. The van der Waals surface area contributed by atoms with Crippen LogP contribution in [0.5, 0.6) is 0 Å². The molecule has 46 heavy (non-hydrogen) atoms. The number of furan rings is 1. The smallest absolute Gasteiger partial charge is 0.326 e. The topological polar surface area (TPSA) is 122 Å². The number of amides is 1. The van der Waals surface area contributed by atoms with Crippen molar-refractivity contribution in [3.8, 4) is 0 Å². The number of halogens is 2. The van der Waals surface area contributed by atoms with E-state index in [-0.39, 0.29) is 18.9 Å². The molecule has 1 amide bonds. The Kier molecular flexibility index (Phi) is 9.24. The fourth-order valence-electron chi connectivity index (χ4n) is 6.64. The third-order valence-corrected chi connectivity index (χ3v) is 9.33. The number of hydrogen-bond acceptors (Lipinski definition) is 8. The molecule has 2 aliphatic heterocycles. The third-order valence-electron chi connectivity index (χ3n) is 9.12. The maximum atomic E-state index is 16.3. The van der Waals surface area contributed by atoms with E-state index in [0.29, 0.717) is 96.5 Å². The van der Waals surface area contributed by atoms with Gasteiger partial charge in [-0.3, -0.25) is 9.78 Å². The number of carbonyl (C=O) groups is 2. The average Bonchev–Trinajstić information content (AvgIpc) is 3.69. The van der Waals surface area contributed by atoms with Gasteiger partial charge in [0.1, 0.15) is 29.4 Å². The van der Waals surface area contributed by atoms with Crippen LogP contribution in [0.4, 0.5) is 10.2 Å². The highest BCUT2D eigenvalue weighted by molar-refractivity contribution is 6.30. The average molecular weight is 650 g/mol. The number of carbonyl (C=O) groups excluding carboxylic acids is 1. The lowest BCUT2D eigenvalue weighted by Gasteiger charge is -2.42. The van der Waals surface area contributed by atoms with E-state index >= 15 is 4.39 Å². The Hall–Kier alpha value is -4.09. The number of para-hydroxylation sites is 1. The summed E-state index contributed by atoms with van der Waals surface area (Å²) >= 11 is 6.13. The van der Waals surface area contributed by atoms with E-state index in [0.717, 1.165) is 11.8 Å². The SMILES string of the molecule is C=Cc1ncc(Cl)cc1[C@@]1(F)CCN(C(=O)CCCCOCc2nc(N3CCC[C@H]3C(=O)O)c3oc4ccccc4c3n2)C[C@@H]1C. The van der Waals surface area contributed by atoms with E-state index in [2.05, 4.69) is 11.6 Å². The first-order valence-corrected chi connectivity index (χ1v) is 16.1. The van der Waals surface area contributed by atoms with E-state index in [4.69, 9.17) is 30.7 Å². The van der Waals surface area contributed by atoms with Gasteiger partial charge >= 0.3 is 5.97 Å². The molecule has 2 fully saturated rings. The van der Waals surface area contributed by atoms with Gasteiger partial charge in [-0.25, -0.2) is 19.2 Å². The van der Waals surface area contributed by atoms with Crippen molar-refractivity contribution in [3.05, 3.63) is 65.2 Å². The number of hydrogen-bond donors (Lipinski definition) is 1. The Morgan fingerprint density at radius 2 is 2.09 bits per heavy atom. The van der Waals surface area contributed by atoms with Gasteiger partial charge in [0.25, 0.3) is 0 Å². The molecule has 10 nitrogen and oxygen atoms in total. The molecular formula is C34H37ClFN5O5. The minimum absolute atomic E-state index is 0.00840. The van der Waals surface area contributed by atoms with Crippen LogP contribution in [0.1, 0.15) is 62.5 Å². The van der Waals surface area contributed by atoms with Gasteiger partial charge in [0.05, 0.1) is 10.7 Å². The molecule has 2 aliphatic rings. The van der Waals surface area contributed by atoms with Crippen LogP contribution >= 0.6 is 11.6 Å². The summed E-state index contributed by atoms with van der Waals surface area (Å²) < 4.78 is 28.3. The normalized spacial score (nSPS) is 21.7. The van der Waals surface area contributed by atoms with E-state index in [1.807, 2.05) is 31.2 Å². The van der Waals surface area contributed by atoms with Crippen molar-refractivity contribution in [2.75, 3.05) is 31.1 Å². The van der Waals surface area contributed by atoms with Crippen LogP contribution in [0.15, 0.2) is 47.5 Å². The maximum absolute atomic E-state index is 16.3. The molecule has 6 rings (SSSR count). The van der Waals surface area contributed by atoms with Gasteiger partial charge < -0.3 is 24.1 Å². The molecule has 3 aromatic heterocycles. The molecule has 0 saturated carbocycles. The molecule has 3 atom stereocenters. The summed E-state index contributed by atoms with van der Waals surface area (Å²) in [7, 11) is 0. The molecule has 4 aromatic rings. The number of ether oxygens (including phenoxy) is 1. The summed E-state index contributed by atoms with van der Waals surface area (Å²) in [5, 5.41) is 11.0. The van der Waals surface area contributed by atoms with Gasteiger partial charge in [-0.1, -0.05) is 37.2 Å². The Balaban J connectivity index is 1.04. The number of aromatic nitrogens is 3. The fourth-order valence-corrected chi connectivity index (χ4v) is 6.80. The van der Waals surface area contributed by atoms with Crippen LogP contribution in [0, 0.1) is 5.92 Å². The zero-order chi connectivity index (χ0) is 32.4. The predicted octanol–water partition coefficient (Wildman–Crippen LogP) is 6.54. The molecule has 242 valence electrons. The first-order valence-electron chi connectivity index (χ1n) is 15.7. The molecule has 0 bridgehead atoms. The second-order valence-electron chi connectivity index (χ2n) is 12.1. The Morgan fingerprint density at radius 3 is 2.87 bits per heavy atom. The summed E-state index contributed by atoms with van der Waals surface area (Å²) in [6.07, 6.45) is 6.06. The van der Waals surface area contributed by atoms with Gasteiger partial charge in [0.15, 0.2) is 17.2 Å². The molecule has 0 unspecified atom stereocenters. The lowest BCUT2D eigenvalue weighted by molar-refractivity contribution is -0.138. The van der Waals surface area contributed by atoms with Crippen LogP contribution in [0.25, 0.3) is 28.1 Å². The van der Waals surface area contributed by atoms with Gasteiger partial charge in [-0.05, 0) is 50.0 Å². The van der Waals surface area contributed by atoms with Crippen LogP contribution in [-0.4, -0.2) is 69.1 Å².